The summed E-state index contributed by atoms with van der Waals surface area (Å²) in [5.74, 6) is 1.31. The molecular weight excluding hydrogens is 296 g/mol. The Bertz CT molecular complexity index is 656. The first-order chi connectivity index (χ1) is 11.1. The average Bonchev–Trinajstić information content (AvgIpc) is 2.58. The molecule has 0 aromatic heterocycles. The van der Waals surface area contributed by atoms with E-state index in [-0.39, 0.29) is 5.69 Å². The van der Waals surface area contributed by atoms with Gasteiger partial charge in [0.15, 0.2) is 11.5 Å². The molecule has 0 saturated carbocycles. The molecular formula is C17H20N2O4. The maximum Gasteiger partial charge on any atom is 0.269 e. The van der Waals surface area contributed by atoms with E-state index in [4.69, 9.17) is 9.47 Å². The number of rotatable bonds is 8. The van der Waals surface area contributed by atoms with Gasteiger partial charge in [-0.05, 0) is 41.9 Å². The second kappa shape index (κ2) is 8.14. The van der Waals surface area contributed by atoms with Crippen LogP contribution in [0, 0.1) is 10.1 Å². The minimum atomic E-state index is -0.420. The van der Waals surface area contributed by atoms with E-state index in [1.54, 1.807) is 19.2 Å². The fraction of sp³-hybridized carbons (Fsp3) is 0.294. The van der Waals surface area contributed by atoms with E-state index >= 15 is 0 Å². The van der Waals surface area contributed by atoms with Gasteiger partial charge in [0.1, 0.15) is 6.61 Å². The molecule has 0 radical (unpaired) electrons. The highest BCUT2D eigenvalue weighted by Gasteiger charge is 2.08. The Kier molecular flexibility index (Phi) is 5.94. The summed E-state index contributed by atoms with van der Waals surface area (Å²) in [6.07, 6.45) is 0. The van der Waals surface area contributed by atoms with Crippen LogP contribution in [0.4, 0.5) is 5.69 Å². The third-order valence-corrected chi connectivity index (χ3v) is 3.35. The van der Waals surface area contributed by atoms with Crippen LogP contribution in [0.5, 0.6) is 11.5 Å². The maximum atomic E-state index is 10.6. The third-order valence-electron chi connectivity index (χ3n) is 3.35. The number of methoxy groups -OCH3 is 1. The number of hydrogen-bond acceptors (Lipinski definition) is 5. The summed E-state index contributed by atoms with van der Waals surface area (Å²) in [5, 5.41) is 13.9. The van der Waals surface area contributed by atoms with Gasteiger partial charge in [0, 0.05) is 18.7 Å². The van der Waals surface area contributed by atoms with Crippen LogP contribution in [0.15, 0.2) is 42.5 Å². The predicted molar refractivity (Wildman–Crippen MR) is 87.8 cm³/mol. The van der Waals surface area contributed by atoms with Gasteiger partial charge in [0.2, 0.25) is 0 Å². The molecule has 0 fully saturated rings. The Morgan fingerprint density at radius 1 is 1.09 bits per heavy atom. The van der Waals surface area contributed by atoms with E-state index in [1.165, 1.54) is 12.1 Å². The third kappa shape index (κ3) is 4.69. The van der Waals surface area contributed by atoms with Crippen LogP contribution in [-0.4, -0.2) is 18.6 Å². The van der Waals surface area contributed by atoms with Gasteiger partial charge < -0.3 is 14.8 Å². The first-order valence-electron chi connectivity index (χ1n) is 7.37. The molecule has 122 valence electrons. The lowest BCUT2D eigenvalue weighted by atomic mass is 10.2. The summed E-state index contributed by atoms with van der Waals surface area (Å²) in [7, 11) is 1.60. The van der Waals surface area contributed by atoms with Crippen molar-refractivity contribution in [3.63, 3.8) is 0 Å². The molecule has 0 heterocycles. The van der Waals surface area contributed by atoms with Crippen LogP contribution in [0.2, 0.25) is 0 Å². The van der Waals surface area contributed by atoms with Crippen molar-refractivity contribution in [2.75, 3.05) is 13.7 Å². The number of ether oxygens (including phenoxy) is 2. The molecule has 0 atom stereocenters. The van der Waals surface area contributed by atoms with Crippen molar-refractivity contribution < 1.29 is 14.4 Å². The van der Waals surface area contributed by atoms with Crippen LogP contribution < -0.4 is 14.8 Å². The van der Waals surface area contributed by atoms with Gasteiger partial charge in [-0.15, -0.1) is 0 Å². The quantitative estimate of drug-likeness (QED) is 0.597. The van der Waals surface area contributed by atoms with Gasteiger partial charge in [0.25, 0.3) is 5.69 Å². The van der Waals surface area contributed by atoms with Gasteiger partial charge in [-0.3, -0.25) is 10.1 Å². The fourth-order valence-corrected chi connectivity index (χ4v) is 2.09. The number of hydrogen-bond donors (Lipinski definition) is 1. The van der Waals surface area contributed by atoms with Crippen LogP contribution in [-0.2, 0) is 13.2 Å². The number of nitro benzene ring substituents is 1. The van der Waals surface area contributed by atoms with Gasteiger partial charge in [-0.1, -0.05) is 13.0 Å². The number of nitrogens with one attached hydrogen (secondary N) is 1. The summed E-state index contributed by atoms with van der Waals surface area (Å²) in [4.78, 5) is 10.2. The average molecular weight is 316 g/mol. The first kappa shape index (κ1) is 16.8. The Morgan fingerprint density at radius 3 is 2.39 bits per heavy atom. The summed E-state index contributed by atoms with van der Waals surface area (Å²) in [6.45, 7) is 4.05. The molecule has 0 unspecified atom stereocenters. The maximum absolute atomic E-state index is 10.6. The normalized spacial score (nSPS) is 10.3. The van der Waals surface area contributed by atoms with Crippen molar-refractivity contribution in [1.82, 2.24) is 5.32 Å². The molecule has 23 heavy (non-hydrogen) atoms. The molecule has 2 aromatic rings. The van der Waals surface area contributed by atoms with E-state index in [9.17, 15) is 10.1 Å². The lowest BCUT2D eigenvalue weighted by molar-refractivity contribution is -0.384. The Balaban J connectivity index is 2.03. The number of benzene rings is 2. The largest absolute Gasteiger partial charge is 0.493 e. The van der Waals surface area contributed by atoms with Gasteiger partial charge in [0.05, 0.1) is 12.0 Å². The molecule has 0 bridgehead atoms. The second-order valence-electron chi connectivity index (χ2n) is 4.98. The summed E-state index contributed by atoms with van der Waals surface area (Å²) in [6, 6.07) is 12.1. The standard InChI is InChI=1S/C17H20N2O4/c1-3-18-11-14-6-9-16(17(10-14)22-2)23-12-13-4-7-15(8-5-13)19(20)21/h4-10,18H,3,11-12H2,1-2H3. The molecule has 6 heteroatoms. The minimum absolute atomic E-state index is 0.0686. The molecule has 0 saturated heterocycles. The summed E-state index contributed by atoms with van der Waals surface area (Å²) < 4.78 is 11.1. The second-order valence-corrected chi connectivity index (χ2v) is 4.98. The molecule has 6 nitrogen and oxygen atoms in total. The van der Waals surface area contributed by atoms with Crippen LogP contribution in [0.1, 0.15) is 18.1 Å². The van der Waals surface area contributed by atoms with Gasteiger partial charge >= 0.3 is 0 Å². The summed E-state index contributed by atoms with van der Waals surface area (Å²) in [5.41, 5.74) is 2.04. The lowest BCUT2D eigenvalue weighted by Crippen LogP contribution is -2.11. The predicted octanol–water partition coefficient (Wildman–Crippen LogP) is 3.29. The van der Waals surface area contributed by atoms with Crippen molar-refractivity contribution in [3.05, 3.63) is 63.7 Å². The first-order valence-corrected chi connectivity index (χ1v) is 7.37. The smallest absolute Gasteiger partial charge is 0.269 e. The molecule has 0 spiro atoms. The van der Waals surface area contributed by atoms with E-state index in [0.717, 1.165) is 24.2 Å². The van der Waals surface area contributed by atoms with Gasteiger partial charge in [-0.2, -0.15) is 0 Å². The topological polar surface area (TPSA) is 73.6 Å². The minimum Gasteiger partial charge on any atom is -0.493 e. The van der Waals surface area contributed by atoms with E-state index < -0.39 is 4.92 Å². The molecule has 0 amide bonds. The van der Waals surface area contributed by atoms with Crippen LogP contribution in [0.25, 0.3) is 0 Å². The van der Waals surface area contributed by atoms with Crippen LogP contribution in [0.3, 0.4) is 0 Å². The van der Waals surface area contributed by atoms with Crippen molar-refractivity contribution in [1.29, 1.82) is 0 Å². The van der Waals surface area contributed by atoms with Crippen molar-refractivity contribution in [3.8, 4) is 11.5 Å². The van der Waals surface area contributed by atoms with Crippen molar-refractivity contribution in [2.45, 2.75) is 20.1 Å². The van der Waals surface area contributed by atoms with Crippen molar-refractivity contribution in [2.24, 2.45) is 0 Å². The Hall–Kier alpha value is -2.60. The zero-order chi connectivity index (χ0) is 16.7. The Labute approximate surface area is 135 Å². The molecule has 0 aliphatic rings. The highest BCUT2D eigenvalue weighted by molar-refractivity contribution is 5.43. The molecule has 2 aromatic carbocycles. The van der Waals surface area contributed by atoms with Crippen LogP contribution >= 0.6 is 0 Å². The zero-order valence-electron chi connectivity index (χ0n) is 13.2. The molecule has 0 aliphatic carbocycles. The molecule has 1 N–H and O–H groups in total. The highest BCUT2D eigenvalue weighted by atomic mass is 16.6. The number of nitro groups is 1. The van der Waals surface area contributed by atoms with E-state index in [2.05, 4.69) is 12.2 Å². The molecule has 0 aliphatic heterocycles. The number of nitrogens with zero attached hydrogens (tertiary/aromatic N) is 1. The zero-order valence-corrected chi connectivity index (χ0v) is 13.2. The monoisotopic (exact) mass is 316 g/mol. The van der Waals surface area contributed by atoms with E-state index in [0.29, 0.717) is 18.1 Å². The van der Waals surface area contributed by atoms with Crippen molar-refractivity contribution >= 4 is 5.69 Å². The lowest BCUT2D eigenvalue weighted by Gasteiger charge is -2.12. The summed E-state index contributed by atoms with van der Waals surface area (Å²) >= 11 is 0. The Morgan fingerprint density at radius 2 is 1.78 bits per heavy atom. The van der Waals surface area contributed by atoms with Gasteiger partial charge in [-0.25, -0.2) is 0 Å². The SMILES string of the molecule is CCNCc1ccc(OCc2ccc([N+](=O)[O-])cc2)c(OC)c1. The van der Waals surface area contributed by atoms with E-state index in [1.807, 2.05) is 18.2 Å². The number of non-ortho nitro benzene ring substituents is 1. The highest BCUT2D eigenvalue weighted by Crippen LogP contribution is 2.29. The molecule has 2 rings (SSSR count). The fourth-order valence-electron chi connectivity index (χ4n) is 2.09.